The predicted molar refractivity (Wildman–Crippen MR) is 114 cm³/mol. The molecule has 2 N–H and O–H groups in total. The van der Waals surface area contributed by atoms with Crippen LogP contribution in [0.15, 0.2) is 60.7 Å². The molecule has 0 spiro atoms. The van der Waals surface area contributed by atoms with E-state index < -0.39 is 0 Å². The molecular formula is C24H34N2O2. The highest BCUT2D eigenvalue weighted by Gasteiger charge is 2.18. The summed E-state index contributed by atoms with van der Waals surface area (Å²) in [6.45, 7) is 5.83. The minimum absolute atomic E-state index is 0.118. The molecule has 152 valence electrons. The summed E-state index contributed by atoms with van der Waals surface area (Å²) in [6.07, 6.45) is 3.93. The first-order valence-electron chi connectivity index (χ1n) is 10.6. The number of β-amino-alcohol motifs (C(OH)–C–C–N with tert-alkyl or cyclic N) is 2. The molecular weight excluding hydrogens is 348 g/mol. The number of rotatable bonds is 4. The van der Waals surface area contributed by atoms with Crippen LogP contribution < -0.4 is 0 Å². The largest absolute Gasteiger partial charge is 0.392 e. The summed E-state index contributed by atoms with van der Waals surface area (Å²) in [6, 6.07) is 20.9. The van der Waals surface area contributed by atoms with Gasteiger partial charge in [0, 0.05) is 26.2 Å². The van der Waals surface area contributed by atoms with Crippen molar-refractivity contribution in [2.45, 2.75) is 51.0 Å². The second-order valence-corrected chi connectivity index (χ2v) is 8.03. The molecule has 4 heteroatoms. The predicted octanol–water partition coefficient (Wildman–Crippen LogP) is 3.29. The van der Waals surface area contributed by atoms with E-state index in [-0.39, 0.29) is 12.2 Å². The third-order valence-electron chi connectivity index (χ3n) is 5.46. The highest BCUT2D eigenvalue weighted by Crippen LogP contribution is 2.14. The molecule has 4 nitrogen and oxygen atoms in total. The van der Waals surface area contributed by atoms with Gasteiger partial charge in [-0.15, -0.1) is 0 Å². The molecule has 2 saturated heterocycles. The van der Waals surface area contributed by atoms with Crippen LogP contribution in [0.25, 0.3) is 0 Å². The standard InChI is InChI=1S/2C12H17NO/c2*14-12-7-4-8-13(10-12)9-11-5-2-1-3-6-11/h2*1-3,5-6,12,14H,4,7-10H2/t2*12-/m00/s1. The molecule has 0 saturated carbocycles. The van der Waals surface area contributed by atoms with Crippen LogP contribution in [-0.2, 0) is 13.1 Å². The van der Waals surface area contributed by atoms with Crippen LogP contribution >= 0.6 is 0 Å². The van der Waals surface area contributed by atoms with Crippen molar-refractivity contribution in [2.75, 3.05) is 26.2 Å². The lowest BCUT2D eigenvalue weighted by molar-refractivity contribution is 0.0666. The van der Waals surface area contributed by atoms with Gasteiger partial charge in [-0.25, -0.2) is 0 Å². The summed E-state index contributed by atoms with van der Waals surface area (Å²) in [5.41, 5.74) is 2.67. The van der Waals surface area contributed by atoms with Gasteiger partial charge in [0.1, 0.15) is 0 Å². The van der Waals surface area contributed by atoms with Gasteiger partial charge in [-0.2, -0.15) is 0 Å². The molecule has 2 aliphatic rings. The fourth-order valence-corrected chi connectivity index (χ4v) is 4.03. The van der Waals surface area contributed by atoms with Crippen molar-refractivity contribution in [3.63, 3.8) is 0 Å². The Morgan fingerprint density at radius 2 is 1.04 bits per heavy atom. The normalized spacial score (nSPS) is 23.6. The molecule has 2 aromatic rings. The zero-order valence-electron chi connectivity index (χ0n) is 16.8. The maximum atomic E-state index is 9.52. The number of nitrogens with zero attached hydrogens (tertiary/aromatic N) is 2. The molecule has 0 aliphatic carbocycles. The van der Waals surface area contributed by atoms with Crippen LogP contribution in [0.5, 0.6) is 0 Å². The number of hydrogen-bond acceptors (Lipinski definition) is 4. The van der Waals surface area contributed by atoms with Gasteiger partial charge in [0.05, 0.1) is 12.2 Å². The summed E-state index contributed by atoms with van der Waals surface area (Å²) in [4.78, 5) is 4.65. The summed E-state index contributed by atoms with van der Waals surface area (Å²) >= 11 is 0. The molecule has 2 fully saturated rings. The SMILES string of the molecule is O[C@H]1CCCN(Cc2ccccc2)C1.O[C@H]1CCCN(Cc2ccccc2)C1. The Hall–Kier alpha value is -1.72. The minimum atomic E-state index is -0.118. The Bertz CT molecular complexity index is 605. The Morgan fingerprint density at radius 1 is 0.643 bits per heavy atom. The van der Waals surface area contributed by atoms with Gasteiger partial charge in [-0.05, 0) is 49.9 Å². The van der Waals surface area contributed by atoms with Crippen molar-refractivity contribution >= 4 is 0 Å². The zero-order valence-corrected chi connectivity index (χ0v) is 16.8. The fraction of sp³-hybridized carbons (Fsp3) is 0.500. The molecule has 2 aliphatic heterocycles. The lowest BCUT2D eigenvalue weighted by Gasteiger charge is -2.29. The smallest absolute Gasteiger partial charge is 0.0667 e. The number of likely N-dealkylation sites (tertiary alicyclic amines) is 2. The molecule has 0 amide bonds. The van der Waals surface area contributed by atoms with E-state index in [0.29, 0.717) is 0 Å². The lowest BCUT2D eigenvalue weighted by atomic mass is 10.1. The highest BCUT2D eigenvalue weighted by atomic mass is 16.3. The van der Waals surface area contributed by atoms with Gasteiger partial charge in [0.25, 0.3) is 0 Å². The Labute approximate surface area is 169 Å². The second kappa shape index (κ2) is 11.3. The molecule has 28 heavy (non-hydrogen) atoms. The summed E-state index contributed by atoms with van der Waals surface area (Å²) in [5, 5.41) is 19.0. The van der Waals surface area contributed by atoms with Crippen LogP contribution in [0, 0.1) is 0 Å². The van der Waals surface area contributed by atoms with Gasteiger partial charge in [-0.3, -0.25) is 9.80 Å². The van der Waals surface area contributed by atoms with Crippen LogP contribution in [0.3, 0.4) is 0 Å². The summed E-state index contributed by atoms with van der Waals surface area (Å²) in [7, 11) is 0. The van der Waals surface area contributed by atoms with Gasteiger partial charge in [-0.1, -0.05) is 60.7 Å². The topological polar surface area (TPSA) is 46.9 Å². The number of hydrogen-bond donors (Lipinski definition) is 2. The van der Waals surface area contributed by atoms with Crippen molar-refractivity contribution in [2.24, 2.45) is 0 Å². The molecule has 0 radical (unpaired) electrons. The van der Waals surface area contributed by atoms with Crippen LogP contribution in [0.2, 0.25) is 0 Å². The fourth-order valence-electron chi connectivity index (χ4n) is 4.03. The van der Waals surface area contributed by atoms with E-state index in [1.54, 1.807) is 0 Å². The van der Waals surface area contributed by atoms with Gasteiger partial charge in [0.15, 0.2) is 0 Å². The second-order valence-electron chi connectivity index (χ2n) is 8.03. The van der Waals surface area contributed by atoms with E-state index >= 15 is 0 Å². The van der Waals surface area contributed by atoms with Crippen LogP contribution in [-0.4, -0.2) is 58.4 Å². The average molecular weight is 383 g/mol. The zero-order chi connectivity index (χ0) is 19.6. The molecule has 2 atom stereocenters. The molecule has 2 heterocycles. The van der Waals surface area contributed by atoms with Crippen molar-refractivity contribution in [1.82, 2.24) is 9.80 Å². The van der Waals surface area contributed by atoms with E-state index in [2.05, 4.69) is 58.3 Å². The first kappa shape index (κ1) is 21.0. The number of aliphatic hydroxyl groups excluding tert-OH is 2. The third-order valence-corrected chi connectivity index (χ3v) is 5.46. The van der Waals surface area contributed by atoms with E-state index in [1.165, 1.54) is 11.1 Å². The van der Waals surface area contributed by atoms with Crippen LogP contribution in [0.4, 0.5) is 0 Å². The number of benzene rings is 2. The minimum Gasteiger partial charge on any atom is -0.392 e. The first-order chi connectivity index (χ1) is 13.7. The Kier molecular flexibility index (Phi) is 8.49. The van der Waals surface area contributed by atoms with Crippen molar-refractivity contribution in [3.05, 3.63) is 71.8 Å². The highest BCUT2D eigenvalue weighted by molar-refractivity contribution is 5.15. The van der Waals surface area contributed by atoms with Crippen molar-refractivity contribution < 1.29 is 10.2 Å². The van der Waals surface area contributed by atoms with Crippen molar-refractivity contribution in [1.29, 1.82) is 0 Å². The maximum Gasteiger partial charge on any atom is 0.0667 e. The quantitative estimate of drug-likeness (QED) is 0.852. The maximum absolute atomic E-state index is 9.52. The van der Waals surface area contributed by atoms with Crippen molar-refractivity contribution in [3.8, 4) is 0 Å². The molecule has 0 aromatic heterocycles. The molecule has 4 rings (SSSR count). The van der Waals surface area contributed by atoms with E-state index in [1.807, 2.05) is 12.1 Å². The molecule has 2 aromatic carbocycles. The summed E-state index contributed by atoms with van der Waals surface area (Å²) in [5.74, 6) is 0. The third kappa shape index (κ3) is 7.36. The Balaban J connectivity index is 0.000000161. The van der Waals surface area contributed by atoms with Gasteiger partial charge >= 0.3 is 0 Å². The van der Waals surface area contributed by atoms with E-state index in [9.17, 15) is 10.2 Å². The van der Waals surface area contributed by atoms with E-state index in [0.717, 1.165) is 65.0 Å². The molecule has 0 unspecified atom stereocenters. The van der Waals surface area contributed by atoms with Gasteiger partial charge < -0.3 is 10.2 Å². The summed E-state index contributed by atoms with van der Waals surface area (Å²) < 4.78 is 0. The average Bonchev–Trinajstić information content (AvgIpc) is 2.70. The van der Waals surface area contributed by atoms with Crippen LogP contribution in [0.1, 0.15) is 36.8 Å². The first-order valence-corrected chi connectivity index (χ1v) is 10.6. The van der Waals surface area contributed by atoms with Gasteiger partial charge in [0.2, 0.25) is 0 Å². The monoisotopic (exact) mass is 382 g/mol. The Morgan fingerprint density at radius 3 is 1.39 bits per heavy atom. The lowest BCUT2D eigenvalue weighted by Crippen LogP contribution is -2.37. The number of piperidine rings is 2. The molecule has 0 bridgehead atoms. The van der Waals surface area contributed by atoms with E-state index in [4.69, 9.17) is 0 Å². The number of aliphatic hydroxyl groups is 2.